The molecule has 0 unspecified atom stereocenters. The van der Waals surface area contributed by atoms with Crippen LogP contribution in [0.1, 0.15) is 0 Å². The molecule has 0 aliphatic rings. The number of halogens is 1. The molecule has 2 N–H and O–H groups in total. The summed E-state index contributed by atoms with van der Waals surface area (Å²) in [6, 6.07) is 8.79. The number of ether oxygens (including phenoxy) is 1. The lowest BCUT2D eigenvalue weighted by Gasteiger charge is -2.04. The fourth-order valence-corrected chi connectivity index (χ4v) is 1.33. The van der Waals surface area contributed by atoms with Gasteiger partial charge >= 0.3 is 0 Å². The van der Waals surface area contributed by atoms with Gasteiger partial charge in [-0.2, -0.15) is 4.98 Å². The highest BCUT2D eigenvalue weighted by atomic mass is 79.9. The minimum absolute atomic E-state index is 0.488. The van der Waals surface area contributed by atoms with E-state index in [-0.39, 0.29) is 0 Å². The molecule has 1 aromatic heterocycles. The van der Waals surface area contributed by atoms with Crippen molar-refractivity contribution in [2.75, 3.05) is 5.73 Å². The molecule has 2 aromatic rings. The molecule has 1 aromatic carbocycles. The number of nitrogens with zero attached hydrogens (tertiary/aromatic N) is 2. The highest BCUT2D eigenvalue weighted by Gasteiger charge is 1.99. The first kappa shape index (κ1) is 9.92. The second-order valence-electron chi connectivity index (χ2n) is 2.84. The van der Waals surface area contributed by atoms with Crippen molar-refractivity contribution < 1.29 is 4.74 Å². The van der Waals surface area contributed by atoms with Crippen molar-refractivity contribution in [3.05, 3.63) is 41.3 Å². The molecular formula is C10H8BrN3O. The third kappa shape index (κ3) is 2.66. The third-order valence-electron chi connectivity index (χ3n) is 1.70. The highest BCUT2D eigenvalue weighted by molar-refractivity contribution is 9.10. The van der Waals surface area contributed by atoms with Gasteiger partial charge in [-0.05, 0) is 40.2 Å². The maximum Gasteiger partial charge on any atom is 0.223 e. The van der Waals surface area contributed by atoms with Crippen LogP contribution in [0.3, 0.4) is 0 Å². The summed E-state index contributed by atoms with van der Waals surface area (Å²) in [5.41, 5.74) is 6.26. The van der Waals surface area contributed by atoms with Crippen molar-refractivity contribution in [1.82, 2.24) is 9.97 Å². The molecule has 0 aliphatic carbocycles. The van der Waals surface area contributed by atoms with E-state index in [9.17, 15) is 0 Å². The molecule has 0 saturated carbocycles. The van der Waals surface area contributed by atoms with Crippen LogP contribution in [0, 0.1) is 0 Å². The van der Waals surface area contributed by atoms with Crippen LogP contribution in [0.15, 0.2) is 41.3 Å². The summed E-state index contributed by atoms with van der Waals surface area (Å²) >= 11 is 3.16. The van der Waals surface area contributed by atoms with Gasteiger partial charge in [0.05, 0.1) is 0 Å². The average molecular weight is 266 g/mol. The van der Waals surface area contributed by atoms with Crippen molar-refractivity contribution in [2.45, 2.75) is 0 Å². The quantitative estimate of drug-likeness (QED) is 0.670. The van der Waals surface area contributed by atoms with Gasteiger partial charge in [0, 0.05) is 18.0 Å². The topological polar surface area (TPSA) is 61.0 Å². The molecule has 0 radical (unpaired) electrons. The molecule has 15 heavy (non-hydrogen) atoms. The van der Waals surface area contributed by atoms with Crippen LogP contribution in [0.4, 0.5) is 5.69 Å². The van der Waals surface area contributed by atoms with Crippen LogP contribution in [-0.4, -0.2) is 9.97 Å². The Hall–Kier alpha value is -1.62. The summed E-state index contributed by atoms with van der Waals surface area (Å²) in [5, 5.41) is 0. The van der Waals surface area contributed by atoms with E-state index < -0.39 is 0 Å². The van der Waals surface area contributed by atoms with Crippen LogP contribution < -0.4 is 10.5 Å². The van der Waals surface area contributed by atoms with Gasteiger partial charge in [0.1, 0.15) is 5.75 Å². The number of nitrogen functional groups attached to an aromatic ring is 1. The van der Waals surface area contributed by atoms with Crippen LogP contribution in [-0.2, 0) is 0 Å². The average Bonchev–Trinajstić information content (AvgIpc) is 2.22. The van der Waals surface area contributed by atoms with E-state index in [4.69, 9.17) is 10.5 Å². The molecule has 0 spiro atoms. The first-order valence-electron chi connectivity index (χ1n) is 4.26. The van der Waals surface area contributed by atoms with Gasteiger partial charge in [-0.1, -0.05) is 0 Å². The summed E-state index contributed by atoms with van der Waals surface area (Å²) in [6.45, 7) is 0. The Labute approximate surface area is 95.2 Å². The van der Waals surface area contributed by atoms with Gasteiger partial charge in [-0.3, -0.25) is 0 Å². The van der Waals surface area contributed by atoms with Crippen LogP contribution in [0.5, 0.6) is 11.6 Å². The van der Waals surface area contributed by atoms with Crippen molar-refractivity contribution in [1.29, 1.82) is 0 Å². The molecule has 0 bridgehead atoms. The standard InChI is InChI=1S/C10H8BrN3O/c11-10-13-6-5-9(14-10)15-8-3-1-7(12)2-4-8/h1-6H,12H2. The second-order valence-corrected chi connectivity index (χ2v) is 3.54. The van der Waals surface area contributed by atoms with Gasteiger partial charge in [0.25, 0.3) is 0 Å². The molecular weight excluding hydrogens is 258 g/mol. The van der Waals surface area contributed by atoms with Gasteiger partial charge in [-0.25, -0.2) is 4.98 Å². The molecule has 0 fully saturated rings. The Morgan fingerprint density at radius 2 is 1.87 bits per heavy atom. The predicted molar refractivity (Wildman–Crippen MR) is 60.7 cm³/mol. The Balaban J connectivity index is 2.18. The van der Waals surface area contributed by atoms with Crippen molar-refractivity contribution in [3.8, 4) is 11.6 Å². The van der Waals surface area contributed by atoms with Crippen LogP contribution >= 0.6 is 15.9 Å². The van der Waals surface area contributed by atoms with E-state index in [2.05, 4.69) is 25.9 Å². The zero-order valence-corrected chi connectivity index (χ0v) is 9.31. The van der Waals surface area contributed by atoms with Crippen molar-refractivity contribution >= 4 is 21.6 Å². The fourth-order valence-electron chi connectivity index (χ4n) is 1.03. The summed E-state index contributed by atoms with van der Waals surface area (Å²) in [7, 11) is 0. The van der Waals surface area contributed by atoms with E-state index in [0.717, 1.165) is 0 Å². The van der Waals surface area contributed by atoms with E-state index in [0.29, 0.717) is 22.1 Å². The molecule has 5 heteroatoms. The lowest BCUT2D eigenvalue weighted by molar-refractivity contribution is 0.460. The molecule has 1 heterocycles. The number of benzene rings is 1. The molecule has 0 aliphatic heterocycles. The molecule has 0 amide bonds. The first-order chi connectivity index (χ1) is 7.24. The number of hydrogen-bond acceptors (Lipinski definition) is 4. The van der Waals surface area contributed by atoms with Crippen LogP contribution in [0.2, 0.25) is 0 Å². The molecule has 2 rings (SSSR count). The summed E-state index contributed by atoms with van der Waals surface area (Å²) < 4.78 is 5.97. The minimum atomic E-state index is 0.488. The number of rotatable bonds is 2. The summed E-state index contributed by atoms with van der Waals surface area (Å²) in [5.74, 6) is 1.18. The van der Waals surface area contributed by atoms with Gasteiger partial charge in [-0.15, -0.1) is 0 Å². The van der Waals surface area contributed by atoms with Crippen molar-refractivity contribution in [3.63, 3.8) is 0 Å². The normalized spacial score (nSPS) is 9.93. The van der Waals surface area contributed by atoms with E-state index in [1.165, 1.54) is 0 Å². The maximum atomic E-state index is 5.56. The van der Waals surface area contributed by atoms with E-state index in [1.54, 1.807) is 36.5 Å². The Morgan fingerprint density at radius 3 is 2.53 bits per heavy atom. The Kier molecular flexibility index (Phi) is 2.82. The number of nitrogens with two attached hydrogens (primary N) is 1. The zero-order chi connectivity index (χ0) is 10.7. The fraction of sp³-hybridized carbons (Fsp3) is 0. The third-order valence-corrected chi connectivity index (χ3v) is 2.09. The van der Waals surface area contributed by atoms with E-state index >= 15 is 0 Å². The number of anilines is 1. The Bertz CT molecular complexity index is 458. The molecule has 0 atom stereocenters. The number of hydrogen-bond donors (Lipinski definition) is 1. The minimum Gasteiger partial charge on any atom is -0.439 e. The summed E-state index contributed by atoms with van der Waals surface area (Å²) in [4.78, 5) is 7.94. The Morgan fingerprint density at radius 1 is 1.13 bits per heavy atom. The van der Waals surface area contributed by atoms with Gasteiger partial charge < -0.3 is 10.5 Å². The number of aromatic nitrogens is 2. The zero-order valence-electron chi connectivity index (χ0n) is 7.72. The highest BCUT2D eigenvalue weighted by Crippen LogP contribution is 2.20. The summed E-state index contributed by atoms with van der Waals surface area (Å²) in [6.07, 6.45) is 1.61. The molecule has 76 valence electrons. The smallest absolute Gasteiger partial charge is 0.223 e. The first-order valence-corrected chi connectivity index (χ1v) is 5.05. The lowest BCUT2D eigenvalue weighted by Crippen LogP contribution is -1.90. The SMILES string of the molecule is Nc1ccc(Oc2ccnc(Br)n2)cc1. The predicted octanol–water partition coefficient (Wildman–Crippen LogP) is 2.61. The lowest BCUT2D eigenvalue weighted by atomic mass is 10.3. The molecule has 4 nitrogen and oxygen atoms in total. The second kappa shape index (κ2) is 4.27. The monoisotopic (exact) mass is 265 g/mol. The van der Waals surface area contributed by atoms with Gasteiger partial charge in [0.15, 0.2) is 4.73 Å². The maximum absolute atomic E-state index is 5.56. The van der Waals surface area contributed by atoms with E-state index in [1.807, 2.05) is 0 Å². The largest absolute Gasteiger partial charge is 0.439 e. The van der Waals surface area contributed by atoms with Crippen molar-refractivity contribution in [2.24, 2.45) is 0 Å². The van der Waals surface area contributed by atoms with Gasteiger partial charge in [0.2, 0.25) is 5.88 Å². The molecule has 0 saturated heterocycles. The van der Waals surface area contributed by atoms with Crippen LogP contribution in [0.25, 0.3) is 0 Å².